The van der Waals surface area contributed by atoms with E-state index < -0.39 is 0 Å². The molecule has 1 aromatic carbocycles. The number of aliphatic hydroxyl groups excluding tert-OH is 1. The first-order valence-corrected chi connectivity index (χ1v) is 6.79. The maximum atomic E-state index is 10.4. The minimum absolute atomic E-state index is 0.325. The van der Waals surface area contributed by atoms with Gasteiger partial charge in [0.05, 0.1) is 25.7 Å². The fourth-order valence-corrected chi connectivity index (χ4v) is 2.31. The Bertz CT molecular complexity index is 295. The van der Waals surface area contributed by atoms with Crippen LogP contribution >= 0.6 is 0 Å². The summed E-state index contributed by atoms with van der Waals surface area (Å²) in [6.07, 6.45) is 0.703. The molecule has 1 aromatic rings. The van der Waals surface area contributed by atoms with Gasteiger partial charge in [0.15, 0.2) is 0 Å². The molecule has 0 aromatic heterocycles. The maximum Gasteiger partial charge on any atom is 0.0871 e. The van der Waals surface area contributed by atoms with Crippen molar-refractivity contribution in [1.82, 2.24) is 0 Å². The largest absolute Gasteiger partial charge is 0.388 e. The summed E-state index contributed by atoms with van der Waals surface area (Å²) >= 11 is 0. The van der Waals surface area contributed by atoms with Crippen LogP contribution in [-0.4, -0.2) is 24.7 Å². The quantitative estimate of drug-likeness (QED) is 0.739. The Labute approximate surface area is 105 Å². The van der Waals surface area contributed by atoms with E-state index in [9.17, 15) is 5.11 Å². The molecule has 2 atom stereocenters. The molecule has 0 radical (unpaired) electrons. The van der Waals surface area contributed by atoms with Gasteiger partial charge in [-0.3, -0.25) is 0 Å². The van der Waals surface area contributed by atoms with Crippen LogP contribution in [0.1, 0.15) is 38.9 Å². The van der Waals surface area contributed by atoms with E-state index in [1.54, 1.807) is 4.90 Å². The minimum atomic E-state index is -0.325. The first kappa shape index (κ1) is 14.2. The van der Waals surface area contributed by atoms with Gasteiger partial charge in [0.25, 0.3) is 0 Å². The number of rotatable bonds is 7. The van der Waals surface area contributed by atoms with E-state index in [4.69, 9.17) is 0 Å². The first-order chi connectivity index (χ1) is 8.22. The van der Waals surface area contributed by atoms with Gasteiger partial charge in [-0.1, -0.05) is 37.3 Å². The summed E-state index contributed by atoms with van der Waals surface area (Å²) in [5.74, 6) is 0.354. The average Bonchev–Trinajstić information content (AvgIpc) is 2.40. The Morgan fingerprint density at radius 1 is 1.06 bits per heavy atom. The second-order valence-electron chi connectivity index (χ2n) is 4.69. The molecule has 2 nitrogen and oxygen atoms in total. The average molecular weight is 236 g/mol. The first-order valence-electron chi connectivity index (χ1n) is 6.79. The van der Waals surface area contributed by atoms with E-state index in [1.165, 1.54) is 0 Å². The molecule has 0 aliphatic heterocycles. The van der Waals surface area contributed by atoms with Crippen molar-refractivity contribution in [3.63, 3.8) is 0 Å². The van der Waals surface area contributed by atoms with Crippen LogP contribution in [0.25, 0.3) is 0 Å². The van der Waals surface area contributed by atoms with Crippen molar-refractivity contribution in [2.24, 2.45) is 5.92 Å². The highest BCUT2D eigenvalue weighted by atomic mass is 16.3. The van der Waals surface area contributed by atoms with Crippen LogP contribution in [0, 0.1) is 5.92 Å². The van der Waals surface area contributed by atoms with Crippen molar-refractivity contribution in [3.05, 3.63) is 35.9 Å². The lowest BCUT2D eigenvalue weighted by Gasteiger charge is -2.26. The van der Waals surface area contributed by atoms with Gasteiger partial charge >= 0.3 is 0 Å². The highest BCUT2D eigenvalue weighted by Crippen LogP contribution is 2.23. The molecule has 2 heteroatoms. The van der Waals surface area contributed by atoms with Crippen LogP contribution in [-0.2, 0) is 0 Å². The molecule has 96 valence electrons. The summed E-state index contributed by atoms with van der Waals surface area (Å²) in [6.45, 7) is 9.91. The molecule has 0 spiro atoms. The molecule has 0 amide bonds. The highest BCUT2D eigenvalue weighted by Gasteiger charge is 2.22. The van der Waals surface area contributed by atoms with E-state index in [-0.39, 0.29) is 6.10 Å². The Kier molecular flexibility index (Phi) is 6.23. The van der Waals surface area contributed by atoms with Crippen molar-refractivity contribution in [2.45, 2.75) is 33.3 Å². The Morgan fingerprint density at radius 2 is 1.65 bits per heavy atom. The molecule has 0 fully saturated rings. The summed E-state index contributed by atoms with van der Waals surface area (Å²) in [5, 5.41) is 10.4. The lowest BCUT2D eigenvalue weighted by molar-refractivity contribution is -0.900. The van der Waals surface area contributed by atoms with E-state index in [0.717, 1.165) is 31.6 Å². The molecule has 0 heterocycles. The van der Waals surface area contributed by atoms with Crippen LogP contribution in [0.4, 0.5) is 0 Å². The standard InChI is InChI=1S/C15H25NO/c1-4-13(12-16(5-2)6-3)15(17)14-10-8-7-9-11-14/h7-11,13,15,17H,4-6,12H2,1-3H3/p+1/t13-,15+/m0/s1. The summed E-state index contributed by atoms with van der Waals surface area (Å²) in [5.41, 5.74) is 1.05. The van der Waals surface area contributed by atoms with Crippen molar-refractivity contribution < 1.29 is 10.0 Å². The van der Waals surface area contributed by atoms with Crippen LogP contribution in [0.2, 0.25) is 0 Å². The van der Waals surface area contributed by atoms with Gasteiger partial charge in [0.1, 0.15) is 0 Å². The smallest absolute Gasteiger partial charge is 0.0871 e. The van der Waals surface area contributed by atoms with Gasteiger partial charge in [0.2, 0.25) is 0 Å². The molecule has 2 N–H and O–H groups in total. The van der Waals surface area contributed by atoms with Gasteiger partial charge in [-0.25, -0.2) is 0 Å². The summed E-state index contributed by atoms with van der Waals surface area (Å²) < 4.78 is 0. The molecular formula is C15H26NO+. The second kappa shape index (κ2) is 7.46. The third kappa shape index (κ3) is 4.14. The third-order valence-corrected chi connectivity index (χ3v) is 3.66. The highest BCUT2D eigenvalue weighted by molar-refractivity contribution is 5.17. The van der Waals surface area contributed by atoms with Gasteiger partial charge in [0, 0.05) is 5.92 Å². The fourth-order valence-electron chi connectivity index (χ4n) is 2.31. The van der Waals surface area contributed by atoms with Crippen molar-refractivity contribution in [3.8, 4) is 0 Å². The lowest BCUT2D eigenvalue weighted by Crippen LogP contribution is -3.12. The zero-order chi connectivity index (χ0) is 12.7. The van der Waals surface area contributed by atoms with Gasteiger partial charge < -0.3 is 10.0 Å². The molecule has 0 bridgehead atoms. The van der Waals surface area contributed by atoms with Gasteiger partial charge in [-0.2, -0.15) is 0 Å². The molecule has 0 aliphatic carbocycles. The second-order valence-corrected chi connectivity index (χ2v) is 4.69. The van der Waals surface area contributed by atoms with Crippen molar-refractivity contribution >= 4 is 0 Å². The van der Waals surface area contributed by atoms with Crippen LogP contribution in [0.3, 0.4) is 0 Å². The van der Waals surface area contributed by atoms with Gasteiger partial charge in [-0.05, 0) is 25.8 Å². The molecule has 17 heavy (non-hydrogen) atoms. The van der Waals surface area contributed by atoms with Crippen LogP contribution < -0.4 is 4.90 Å². The topological polar surface area (TPSA) is 24.7 Å². The zero-order valence-corrected chi connectivity index (χ0v) is 11.3. The van der Waals surface area contributed by atoms with Crippen LogP contribution in [0.5, 0.6) is 0 Å². The number of hydrogen-bond donors (Lipinski definition) is 2. The zero-order valence-electron chi connectivity index (χ0n) is 11.3. The predicted molar refractivity (Wildman–Crippen MR) is 72.1 cm³/mol. The van der Waals surface area contributed by atoms with E-state index >= 15 is 0 Å². The fraction of sp³-hybridized carbons (Fsp3) is 0.600. The SMILES string of the molecule is CC[C@@H](C[NH+](CC)CC)[C@@H](O)c1ccccc1. The van der Waals surface area contributed by atoms with E-state index in [1.807, 2.05) is 30.3 Å². The Morgan fingerprint density at radius 3 is 2.12 bits per heavy atom. The number of quaternary nitrogens is 1. The normalized spacial score (nSPS) is 14.9. The molecule has 0 saturated carbocycles. The molecule has 1 rings (SSSR count). The summed E-state index contributed by atoms with van der Waals surface area (Å²) in [4.78, 5) is 1.56. The number of nitrogens with one attached hydrogen (secondary N) is 1. The van der Waals surface area contributed by atoms with Gasteiger partial charge in [-0.15, -0.1) is 0 Å². The monoisotopic (exact) mass is 236 g/mol. The summed E-state index contributed by atoms with van der Waals surface area (Å²) in [7, 11) is 0. The predicted octanol–water partition coefficient (Wildman–Crippen LogP) is 1.67. The number of benzene rings is 1. The molecule has 0 unspecified atom stereocenters. The lowest BCUT2D eigenvalue weighted by atomic mass is 9.93. The van der Waals surface area contributed by atoms with Crippen LogP contribution in [0.15, 0.2) is 30.3 Å². The minimum Gasteiger partial charge on any atom is -0.388 e. The number of aliphatic hydroxyl groups is 1. The molecule has 0 aliphatic rings. The molecule has 0 saturated heterocycles. The van der Waals surface area contributed by atoms with E-state index in [0.29, 0.717) is 5.92 Å². The number of hydrogen-bond acceptors (Lipinski definition) is 1. The Balaban J connectivity index is 2.67. The molecular weight excluding hydrogens is 210 g/mol. The van der Waals surface area contributed by atoms with Crippen molar-refractivity contribution in [2.75, 3.05) is 19.6 Å². The third-order valence-electron chi connectivity index (χ3n) is 3.66. The maximum absolute atomic E-state index is 10.4. The Hall–Kier alpha value is -0.860. The van der Waals surface area contributed by atoms with Crippen molar-refractivity contribution in [1.29, 1.82) is 0 Å². The summed E-state index contributed by atoms with van der Waals surface area (Å²) in [6, 6.07) is 10.0. The van der Waals surface area contributed by atoms with E-state index in [2.05, 4.69) is 20.8 Å².